The molecule has 2 aromatic rings. The Morgan fingerprint density at radius 1 is 1.03 bits per heavy atom. The summed E-state index contributed by atoms with van der Waals surface area (Å²) in [4.78, 5) is 17.5. The molecule has 0 atom stereocenters. The predicted octanol–water partition coefficient (Wildman–Crippen LogP) is 6.13. The van der Waals surface area contributed by atoms with Gasteiger partial charge in [-0.2, -0.15) is 0 Å². The highest BCUT2D eigenvalue weighted by atomic mass is 32.2. The van der Waals surface area contributed by atoms with Crippen molar-refractivity contribution in [1.29, 1.82) is 0 Å². The Kier molecular flexibility index (Phi) is 11.0. The Bertz CT molecular complexity index is 793. The Labute approximate surface area is 191 Å². The van der Waals surface area contributed by atoms with E-state index in [1.54, 1.807) is 23.7 Å². The van der Waals surface area contributed by atoms with Crippen LogP contribution in [0.15, 0.2) is 66.1 Å². The molecular formula is C25H35N3O2S. The maximum Gasteiger partial charge on any atom is 0.326 e. The zero-order chi connectivity index (χ0) is 22.5. The minimum atomic E-state index is -0.177. The van der Waals surface area contributed by atoms with E-state index < -0.39 is 0 Å². The van der Waals surface area contributed by atoms with E-state index in [0.29, 0.717) is 6.61 Å². The maximum atomic E-state index is 12.5. The van der Waals surface area contributed by atoms with Crippen LogP contribution in [0.25, 0.3) is 0 Å². The van der Waals surface area contributed by atoms with Gasteiger partial charge < -0.3 is 15.0 Å². The molecule has 0 aliphatic carbocycles. The number of urea groups is 1. The molecule has 0 bridgehead atoms. The van der Waals surface area contributed by atoms with Crippen molar-refractivity contribution in [3.05, 3.63) is 61.2 Å². The fraction of sp³-hybridized carbons (Fsp3) is 0.400. The van der Waals surface area contributed by atoms with Crippen molar-refractivity contribution in [3.8, 4) is 5.75 Å². The molecule has 0 aliphatic rings. The van der Waals surface area contributed by atoms with Gasteiger partial charge in [0.2, 0.25) is 0 Å². The standard InChI is InChI=1S/C25H35N3O2S/c1-5-18-27(2)19-8-6-7-9-20-30-23-14-12-22(13-15-23)28(3)25(29)26-21-10-16-24(31-4)17-11-21/h5,10-17H,1,6-9,18-20H2,2-4H3,(H,26,29). The van der Waals surface area contributed by atoms with Crippen LogP contribution in [0.5, 0.6) is 5.75 Å². The van der Waals surface area contributed by atoms with E-state index in [2.05, 4.69) is 23.8 Å². The van der Waals surface area contributed by atoms with Crippen LogP contribution in [-0.2, 0) is 0 Å². The molecule has 1 N–H and O–H groups in total. The van der Waals surface area contributed by atoms with Gasteiger partial charge in [0.25, 0.3) is 0 Å². The lowest BCUT2D eigenvalue weighted by molar-refractivity contribution is 0.258. The van der Waals surface area contributed by atoms with E-state index in [-0.39, 0.29) is 6.03 Å². The highest BCUT2D eigenvalue weighted by Gasteiger charge is 2.11. The second-order valence-corrected chi connectivity index (χ2v) is 8.40. The lowest BCUT2D eigenvalue weighted by Gasteiger charge is -2.18. The Morgan fingerprint density at radius 3 is 2.35 bits per heavy atom. The van der Waals surface area contributed by atoms with E-state index in [4.69, 9.17) is 4.74 Å². The van der Waals surface area contributed by atoms with Crippen LogP contribution in [-0.4, -0.2) is 51.0 Å². The van der Waals surface area contributed by atoms with E-state index in [1.165, 1.54) is 19.3 Å². The van der Waals surface area contributed by atoms with Crippen molar-refractivity contribution in [2.45, 2.75) is 30.6 Å². The Morgan fingerprint density at radius 2 is 1.71 bits per heavy atom. The first-order valence-corrected chi connectivity index (χ1v) is 12.0. The fourth-order valence-electron chi connectivity index (χ4n) is 3.10. The third kappa shape index (κ3) is 9.07. The van der Waals surface area contributed by atoms with Crippen molar-refractivity contribution in [3.63, 3.8) is 0 Å². The maximum absolute atomic E-state index is 12.5. The van der Waals surface area contributed by atoms with Crippen molar-refractivity contribution in [2.75, 3.05) is 50.3 Å². The number of hydrogen-bond donors (Lipinski definition) is 1. The fourth-order valence-corrected chi connectivity index (χ4v) is 3.51. The van der Waals surface area contributed by atoms with Crippen molar-refractivity contribution >= 4 is 29.2 Å². The zero-order valence-corrected chi connectivity index (χ0v) is 19.8. The first-order valence-electron chi connectivity index (χ1n) is 10.7. The summed E-state index contributed by atoms with van der Waals surface area (Å²) in [6.45, 7) is 6.53. The largest absolute Gasteiger partial charge is 0.494 e. The van der Waals surface area contributed by atoms with E-state index in [1.807, 2.05) is 60.9 Å². The van der Waals surface area contributed by atoms with Crippen LogP contribution in [0.2, 0.25) is 0 Å². The van der Waals surface area contributed by atoms with Gasteiger partial charge in [-0.3, -0.25) is 4.90 Å². The molecule has 0 saturated heterocycles. The average molecular weight is 442 g/mol. The first kappa shape index (κ1) is 24.8. The summed E-state index contributed by atoms with van der Waals surface area (Å²) in [5.41, 5.74) is 1.59. The minimum Gasteiger partial charge on any atom is -0.494 e. The molecule has 6 heteroatoms. The van der Waals surface area contributed by atoms with E-state index in [0.717, 1.165) is 41.5 Å². The normalized spacial score (nSPS) is 10.7. The van der Waals surface area contributed by atoms with Gasteiger partial charge in [0, 0.05) is 29.9 Å². The molecule has 2 rings (SSSR count). The van der Waals surface area contributed by atoms with Gasteiger partial charge in [0.05, 0.1) is 6.61 Å². The summed E-state index contributed by atoms with van der Waals surface area (Å²) in [5.74, 6) is 0.830. The quantitative estimate of drug-likeness (QED) is 0.231. The highest BCUT2D eigenvalue weighted by molar-refractivity contribution is 7.98. The molecule has 0 heterocycles. The summed E-state index contributed by atoms with van der Waals surface area (Å²) in [5, 5.41) is 2.92. The molecule has 2 amide bonds. The summed E-state index contributed by atoms with van der Waals surface area (Å²) in [6.07, 6.45) is 8.60. The Hall–Kier alpha value is -2.44. The first-order chi connectivity index (χ1) is 15.0. The predicted molar refractivity (Wildman–Crippen MR) is 134 cm³/mol. The van der Waals surface area contributed by atoms with Crippen LogP contribution in [0.4, 0.5) is 16.2 Å². The van der Waals surface area contributed by atoms with E-state index in [9.17, 15) is 4.79 Å². The highest BCUT2D eigenvalue weighted by Crippen LogP contribution is 2.21. The number of carbonyl (C=O) groups is 1. The lowest BCUT2D eigenvalue weighted by Crippen LogP contribution is -2.31. The number of thioether (sulfide) groups is 1. The summed E-state index contributed by atoms with van der Waals surface area (Å²) < 4.78 is 5.84. The number of nitrogens with one attached hydrogen (secondary N) is 1. The number of benzene rings is 2. The number of amides is 2. The molecule has 0 aromatic heterocycles. The number of ether oxygens (including phenoxy) is 1. The minimum absolute atomic E-state index is 0.177. The second kappa shape index (κ2) is 13.8. The number of rotatable bonds is 13. The van der Waals surface area contributed by atoms with Gasteiger partial charge in [0.1, 0.15) is 5.75 Å². The lowest BCUT2D eigenvalue weighted by atomic mass is 10.2. The third-order valence-electron chi connectivity index (χ3n) is 5.01. The van der Waals surface area contributed by atoms with Gasteiger partial charge >= 0.3 is 6.03 Å². The average Bonchev–Trinajstić information content (AvgIpc) is 2.79. The van der Waals surface area contributed by atoms with E-state index >= 15 is 0 Å². The molecule has 0 saturated carbocycles. The molecule has 0 fully saturated rings. The molecule has 2 aromatic carbocycles. The summed E-state index contributed by atoms with van der Waals surface area (Å²) >= 11 is 1.67. The molecule has 0 radical (unpaired) electrons. The molecule has 0 spiro atoms. The third-order valence-corrected chi connectivity index (χ3v) is 5.76. The number of likely N-dealkylation sites (N-methyl/N-ethyl adjacent to an activating group) is 1. The molecular weight excluding hydrogens is 406 g/mol. The van der Waals surface area contributed by atoms with Gasteiger partial charge in [-0.25, -0.2) is 4.79 Å². The van der Waals surface area contributed by atoms with Crippen molar-refractivity contribution in [2.24, 2.45) is 0 Å². The molecule has 0 aliphatic heterocycles. The van der Waals surface area contributed by atoms with Gasteiger partial charge in [-0.1, -0.05) is 18.9 Å². The topological polar surface area (TPSA) is 44.8 Å². The summed E-state index contributed by atoms with van der Waals surface area (Å²) in [7, 11) is 3.88. The van der Waals surface area contributed by atoms with Crippen LogP contribution >= 0.6 is 11.8 Å². The van der Waals surface area contributed by atoms with Crippen molar-refractivity contribution < 1.29 is 9.53 Å². The van der Waals surface area contributed by atoms with Crippen LogP contribution < -0.4 is 15.0 Å². The Balaban J connectivity index is 1.69. The zero-order valence-electron chi connectivity index (χ0n) is 19.0. The second-order valence-electron chi connectivity index (χ2n) is 7.53. The van der Waals surface area contributed by atoms with Crippen LogP contribution in [0, 0.1) is 0 Å². The molecule has 168 valence electrons. The number of unbranched alkanes of at least 4 members (excludes halogenated alkanes) is 3. The van der Waals surface area contributed by atoms with Crippen molar-refractivity contribution in [1.82, 2.24) is 4.90 Å². The van der Waals surface area contributed by atoms with Gasteiger partial charge in [0.15, 0.2) is 0 Å². The summed E-state index contributed by atoms with van der Waals surface area (Å²) in [6, 6.07) is 15.3. The molecule has 5 nitrogen and oxygen atoms in total. The number of carbonyl (C=O) groups excluding carboxylic acids is 1. The number of anilines is 2. The molecule has 31 heavy (non-hydrogen) atoms. The van der Waals surface area contributed by atoms with Crippen LogP contribution in [0.3, 0.4) is 0 Å². The van der Waals surface area contributed by atoms with Crippen LogP contribution in [0.1, 0.15) is 25.7 Å². The monoisotopic (exact) mass is 441 g/mol. The van der Waals surface area contributed by atoms with Gasteiger partial charge in [-0.05, 0) is 81.2 Å². The van der Waals surface area contributed by atoms with Gasteiger partial charge in [-0.15, -0.1) is 18.3 Å². The SMILES string of the molecule is C=CCN(C)CCCCCCOc1ccc(N(C)C(=O)Nc2ccc(SC)cc2)cc1. The number of hydrogen-bond acceptors (Lipinski definition) is 4. The molecule has 0 unspecified atom stereocenters. The number of nitrogens with zero attached hydrogens (tertiary/aromatic N) is 2. The smallest absolute Gasteiger partial charge is 0.326 e.